The third kappa shape index (κ3) is 3.09. The van der Waals surface area contributed by atoms with Crippen molar-refractivity contribution in [3.8, 4) is 0 Å². The van der Waals surface area contributed by atoms with E-state index in [4.69, 9.17) is 0 Å². The number of aromatic amines is 1. The number of aromatic nitrogens is 2. The molecule has 3 rings (SSSR count). The molecule has 5 heteroatoms. The van der Waals surface area contributed by atoms with Crippen molar-refractivity contribution in [1.29, 1.82) is 0 Å². The average molecular weight is 311 g/mol. The molecule has 112 valence electrons. The second kappa shape index (κ2) is 6.58. The normalized spacial score (nSPS) is 11.8. The molecule has 0 saturated carbocycles. The van der Waals surface area contributed by atoms with Gasteiger partial charge in [0.05, 0.1) is 16.6 Å². The Kier molecular flexibility index (Phi) is 4.34. The van der Waals surface area contributed by atoms with Gasteiger partial charge in [-0.15, -0.1) is 0 Å². The van der Waals surface area contributed by atoms with Crippen LogP contribution in [-0.2, 0) is 4.79 Å². The average Bonchev–Trinajstić information content (AvgIpc) is 3.18. The van der Waals surface area contributed by atoms with Crippen molar-refractivity contribution in [2.75, 3.05) is 6.54 Å². The number of hydrogen-bond acceptors (Lipinski definition) is 3. The zero-order valence-electron chi connectivity index (χ0n) is 12.3. The van der Waals surface area contributed by atoms with E-state index in [1.807, 2.05) is 54.1 Å². The minimum atomic E-state index is -0.105. The van der Waals surface area contributed by atoms with Gasteiger partial charge in [-0.05, 0) is 47.0 Å². The fraction of sp³-hybridized carbons (Fsp3) is 0.176. The van der Waals surface area contributed by atoms with Crippen molar-refractivity contribution in [1.82, 2.24) is 15.3 Å². The van der Waals surface area contributed by atoms with Crippen molar-refractivity contribution < 1.29 is 4.79 Å². The molecule has 0 atom stereocenters. The number of nitrogens with zero attached hydrogens (tertiary/aromatic N) is 1. The van der Waals surface area contributed by atoms with Crippen LogP contribution in [0.25, 0.3) is 22.7 Å². The van der Waals surface area contributed by atoms with Gasteiger partial charge in [-0.2, -0.15) is 11.3 Å². The minimum Gasteiger partial charge on any atom is -0.352 e. The van der Waals surface area contributed by atoms with Crippen molar-refractivity contribution in [2.24, 2.45) is 0 Å². The van der Waals surface area contributed by atoms with Crippen LogP contribution in [0.15, 0.2) is 41.1 Å². The van der Waals surface area contributed by atoms with Gasteiger partial charge in [0.25, 0.3) is 5.91 Å². The van der Waals surface area contributed by atoms with Gasteiger partial charge in [-0.1, -0.05) is 19.1 Å². The zero-order chi connectivity index (χ0) is 15.4. The molecule has 0 bridgehead atoms. The molecule has 1 aromatic carbocycles. The van der Waals surface area contributed by atoms with Gasteiger partial charge < -0.3 is 10.3 Å². The van der Waals surface area contributed by atoms with Crippen LogP contribution in [0, 0.1) is 0 Å². The molecule has 1 amide bonds. The summed E-state index contributed by atoms with van der Waals surface area (Å²) in [6, 6.07) is 9.76. The van der Waals surface area contributed by atoms with E-state index < -0.39 is 0 Å². The Balaban J connectivity index is 2.02. The molecule has 0 aliphatic heterocycles. The Bertz CT molecular complexity index is 769. The Morgan fingerprint density at radius 1 is 1.36 bits per heavy atom. The maximum atomic E-state index is 12.5. The van der Waals surface area contributed by atoms with Crippen molar-refractivity contribution in [2.45, 2.75) is 13.3 Å². The Labute approximate surface area is 132 Å². The molecule has 2 heterocycles. The van der Waals surface area contributed by atoms with Crippen LogP contribution in [0.4, 0.5) is 0 Å². The summed E-state index contributed by atoms with van der Waals surface area (Å²) in [6.07, 6.45) is 2.77. The van der Waals surface area contributed by atoms with Crippen LogP contribution < -0.4 is 5.32 Å². The van der Waals surface area contributed by atoms with E-state index in [9.17, 15) is 4.79 Å². The van der Waals surface area contributed by atoms with Gasteiger partial charge in [-0.3, -0.25) is 4.79 Å². The van der Waals surface area contributed by atoms with Crippen LogP contribution in [0.1, 0.15) is 24.7 Å². The number of rotatable bonds is 5. The number of carbonyl (C=O) groups is 1. The Morgan fingerprint density at radius 3 is 2.95 bits per heavy atom. The summed E-state index contributed by atoms with van der Waals surface area (Å²) in [5.74, 6) is 0.494. The Morgan fingerprint density at radius 2 is 2.23 bits per heavy atom. The van der Waals surface area contributed by atoms with E-state index in [0.717, 1.165) is 23.0 Å². The number of amides is 1. The van der Waals surface area contributed by atoms with Crippen LogP contribution in [0.5, 0.6) is 0 Å². The molecule has 2 N–H and O–H groups in total. The highest BCUT2D eigenvalue weighted by molar-refractivity contribution is 7.08. The van der Waals surface area contributed by atoms with E-state index in [2.05, 4.69) is 15.3 Å². The van der Waals surface area contributed by atoms with Gasteiger partial charge in [0.15, 0.2) is 0 Å². The van der Waals surface area contributed by atoms with E-state index in [-0.39, 0.29) is 5.91 Å². The molecule has 0 aliphatic carbocycles. The van der Waals surface area contributed by atoms with Crippen LogP contribution in [0.2, 0.25) is 0 Å². The Hall–Kier alpha value is -2.40. The zero-order valence-corrected chi connectivity index (χ0v) is 13.1. The maximum Gasteiger partial charge on any atom is 0.255 e. The van der Waals surface area contributed by atoms with Gasteiger partial charge in [0.1, 0.15) is 5.82 Å². The van der Waals surface area contributed by atoms with Crippen molar-refractivity contribution >= 4 is 39.9 Å². The second-order valence-corrected chi connectivity index (χ2v) is 5.75. The number of para-hydroxylation sites is 2. The number of nitrogens with one attached hydrogen (secondary N) is 2. The van der Waals surface area contributed by atoms with Crippen molar-refractivity contribution in [3.63, 3.8) is 0 Å². The van der Waals surface area contributed by atoms with E-state index >= 15 is 0 Å². The third-order valence-electron chi connectivity index (χ3n) is 3.28. The van der Waals surface area contributed by atoms with Crippen LogP contribution in [0.3, 0.4) is 0 Å². The lowest BCUT2D eigenvalue weighted by Crippen LogP contribution is -2.25. The number of H-pyrrole nitrogens is 1. The van der Waals surface area contributed by atoms with Crippen LogP contribution >= 0.6 is 11.3 Å². The predicted molar refractivity (Wildman–Crippen MR) is 91.6 cm³/mol. The number of thiophene rings is 1. The molecule has 2 aromatic heterocycles. The monoisotopic (exact) mass is 311 g/mol. The summed E-state index contributed by atoms with van der Waals surface area (Å²) >= 11 is 1.60. The molecular formula is C17H17N3OS. The number of imidazole rings is 1. The first-order valence-corrected chi connectivity index (χ1v) is 8.19. The van der Waals surface area contributed by atoms with Gasteiger partial charge in [-0.25, -0.2) is 4.98 Å². The quantitative estimate of drug-likeness (QED) is 0.706. The smallest absolute Gasteiger partial charge is 0.255 e. The maximum absolute atomic E-state index is 12.5. The molecule has 4 nitrogen and oxygen atoms in total. The molecule has 0 fully saturated rings. The standard InChI is InChI=1S/C17H17N3OS/c1-2-8-18-17(21)13(10-12-7-9-22-11-12)16-19-14-5-3-4-6-15(14)20-16/h3-7,9-11H,2,8H2,1H3,(H,18,21)(H,19,20)/b13-10-. The first-order valence-electron chi connectivity index (χ1n) is 7.25. The summed E-state index contributed by atoms with van der Waals surface area (Å²) in [5.41, 5.74) is 3.35. The van der Waals surface area contributed by atoms with E-state index in [1.165, 1.54) is 0 Å². The number of hydrogen-bond donors (Lipinski definition) is 2. The fourth-order valence-corrected chi connectivity index (χ4v) is 2.80. The minimum absolute atomic E-state index is 0.105. The lowest BCUT2D eigenvalue weighted by atomic mass is 10.1. The lowest BCUT2D eigenvalue weighted by molar-refractivity contribution is -0.115. The summed E-state index contributed by atoms with van der Waals surface area (Å²) in [5, 5.41) is 6.93. The highest BCUT2D eigenvalue weighted by atomic mass is 32.1. The van der Waals surface area contributed by atoms with Gasteiger partial charge in [0.2, 0.25) is 0 Å². The van der Waals surface area contributed by atoms with E-state index in [0.29, 0.717) is 17.9 Å². The summed E-state index contributed by atoms with van der Waals surface area (Å²) < 4.78 is 0. The largest absolute Gasteiger partial charge is 0.352 e. The summed E-state index contributed by atoms with van der Waals surface area (Å²) in [7, 11) is 0. The van der Waals surface area contributed by atoms with Crippen molar-refractivity contribution in [3.05, 3.63) is 52.5 Å². The molecule has 0 radical (unpaired) electrons. The highest BCUT2D eigenvalue weighted by Gasteiger charge is 2.15. The molecular weight excluding hydrogens is 294 g/mol. The lowest BCUT2D eigenvalue weighted by Gasteiger charge is -2.05. The van der Waals surface area contributed by atoms with Gasteiger partial charge >= 0.3 is 0 Å². The molecule has 22 heavy (non-hydrogen) atoms. The van der Waals surface area contributed by atoms with Crippen LogP contribution in [-0.4, -0.2) is 22.4 Å². The SMILES string of the molecule is CCCNC(=O)/C(=C\c1ccsc1)c1nc2ccccc2[nH]1. The molecule has 3 aromatic rings. The number of fused-ring (bicyclic) bond motifs is 1. The second-order valence-electron chi connectivity index (χ2n) is 4.97. The predicted octanol–water partition coefficient (Wildman–Crippen LogP) is 3.69. The molecule has 0 spiro atoms. The first kappa shape index (κ1) is 14.5. The number of benzene rings is 1. The highest BCUT2D eigenvalue weighted by Crippen LogP contribution is 2.21. The number of carbonyl (C=O) groups excluding carboxylic acids is 1. The molecule has 0 unspecified atom stereocenters. The molecule has 0 aliphatic rings. The summed E-state index contributed by atoms with van der Waals surface area (Å²) in [6.45, 7) is 2.68. The third-order valence-corrected chi connectivity index (χ3v) is 3.98. The molecule has 0 saturated heterocycles. The first-order chi connectivity index (χ1) is 10.8. The van der Waals surface area contributed by atoms with E-state index in [1.54, 1.807) is 11.3 Å². The fourth-order valence-electron chi connectivity index (χ4n) is 2.18. The topological polar surface area (TPSA) is 57.8 Å². The summed E-state index contributed by atoms with van der Waals surface area (Å²) in [4.78, 5) is 20.2. The van der Waals surface area contributed by atoms with Gasteiger partial charge in [0, 0.05) is 6.54 Å².